The van der Waals surface area contributed by atoms with Crippen molar-refractivity contribution < 1.29 is 9.90 Å². The van der Waals surface area contributed by atoms with Crippen molar-refractivity contribution in [1.82, 2.24) is 9.80 Å². The number of hydrogen-bond acceptors (Lipinski definition) is 3. The Kier molecular flexibility index (Phi) is 6.41. The van der Waals surface area contributed by atoms with Gasteiger partial charge in [0, 0.05) is 32.7 Å². The van der Waals surface area contributed by atoms with E-state index >= 15 is 0 Å². The molecule has 0 unspecified atom stereocenters. The third-order valence-corrected chi connectivity index (χ3v) is 5.18. The molecule has 1 aromatic rings. The fraction of sp³-hybridized carbons (Fsp3) is 0.650. The van der Waals surface area contributed by atoms with Crippen molar-refractivity contribution in [1.29, 1.82) is 0 Å². The Morgan fingerprint density at radius 3 is 2.29 bits per heavy atom. The van der Waals surface area contributed by atoms with E-state index in [0.717, 1.165) is 51.2 Å². The van der Waals surface area contributed by atoms with Gasteiger partial charge in [0.25, 0.3) is 5.91 Å². The monoisotopic (exact) mass is 332 g/mol. The van der Waals surface area contributed by atoms with Gasteiger partial charge >= 0.3 is 0 Å². The number of aliphatic hydroxyl groups is 1. The number of benzene rings is 1. The van der Waals surface area contributed by atoms with E-state index in [9.17, 15) is 9.90 Å². The van der Waals surface area contributed by atoms with Crippen LogP contribution in [0.4, 0.5) is 0 Å². The minimum absolute atomic E-state index is 0.0273. The van der Waals surface area contributed by atoms with Crippen molar-refractivity contribution in [2.45, 2.75) is 51.7 Å². The smallest absolute Gasteiger partial charge is 0.253 e. The summed E-state index contributed by atoms with van der Waals surface area (Å²) in [6.07, 6.45) is 4.05. The lowest BCUT2D eigenvalue weighted by atomic mass is 9.79. The average Bonchev–Trinajstić information content (AvgIpc) is 2.57. The van der Waals surface area contributed by atoms with E-state index < -0.39 is 5.60 Å². The molecule has 134 valence electrons. The van der Waals surface area contributed by atoms with Crippen molar-refractivity contribution in [3.63, 3.8) is 0 Å². The molecular formula is C20H32N2O2. The molecule has 0 radical (unpaired) electrons. The standard InChI is InChI=1S/C20H32N2O2/c1-5-22(15-20(24)12-10-16(2)11-13-20)14-17-6-8-18(9-7-17)19(23)21(3)4/h6-9,16,24H,5,10-15H2,1-4H3. The number of carbonyl (C=O) groups is 1. The van der Waals surface area contributed by atoms with E-state index in [-0.39, 0.29) is 5.91 Å². The fourth-order valence-electron chi connectivity index (χ4n) is 3.42. The number of hydrogen-bond donors (Lipinski definition) is 1. The van der Waals surface area contributed by atoms with Gasteiger partial charge in [-0.05, 0) is 55.8 Å². The van der Waals surface area contributed by atoms with Crippen LogP contribution in [-0.2, 0) is 6.54 Å². The number of nitrogens with zero attached hydrogens (tertiary/aromatic N) is 2. The highest BCUT2D eigenvalue weighted by atomic mass is 16.3. The molecule has 1 aliphatic carbocycles. The minimum Gasteiger partial charge on any atom is -0.389 e. The second kappa shape index (κ2) is 8.13. The third-order valence-electron chi connectivity index (χ3n) is 5.18. The van der Waals surface area contributed by atoms with Gasteiger partial charge < -0.3 is 10.0 Å². The van der Waals surface area contributed by atoms with Crippen LogP contribution in [0.3, 0.4) is 0 Å². The van der Waals surface area contributed by atoms with Crippen LogP contribution in [0.15, 0.2) is 24.3 Å². The van der Waals surface area contributed by atoms with Crippen LogP contribution < -0.4 is 0 Å². The first-order valence-corrected chi connectivity index (χ1v) is 9.08. The van der Waals surface area contributed by atoms with Gasteiger partial charge in [0.15, 0.2) is 0 Å². The minimum atomic E-state index is -0.538. The van der Waals surface area contributed by atoms with E-state index in [2.05, 4.69) is 18.7 Å². The van der Waals surface area contributed by atoms with Crippen LogP contribution >= 0.6 is 0 Å². The Morgan fingerprint density at radius 2 is 1.79 bits per heavy atom. The Balaban J connectivity index is 1.96. The van der Waals surface area contributed by atoms with E-state index in [1.54, 1.807) is 19.0 Å². The van der Waals surface area contributed by atoms with Crippen molar-refractivity contribution in [3.8, 4) is 0 Å². The molecule has 1 saturated carbocycles. The van der Waals surface area contributed by atoms with Gasteiger partial charge in [-0.3, -0.25) is 9.69 Å². The highest BCUT2D eigenvalue weighted by molar-refractivity contribution is 5.93. The third kappa shape index (κ3) is 5.05. The molecule has 0 aliphatic heterocycles. The first-order valence-electron chi connectivity index (χ1n) is 9.08. The van der Waals surface area contributed by atoms with Crippen LogP contribution in [0.25, 0.3) is 0 Å². The molecule has 24 heavy (non-hydrogen) atoms. The van der Waals surface area contributed by atoms with Gasteiger partial charge in [-0.1, -0.05) is 26.0 Å². The molecule has 1 aromatic carbocycles. The molecule has 1 aliphatic rings. The highest BCUT2D eigenvalue weighted by Gasteiger charge is 2.33. The van der Waals surface area contributed by atoms with Crippen LogP contribution in [0, 0.1) is 5.92 Å². The molecule has 4 nitrogen and oxygen atoms in total. The molecule has 1 N–H and O–H groups in total. The summed E-state index contributed by atoms with van der Waals surface area (Å²) in [5.74, 6) is 0.765. The van der Waals surface area contributed by atoms with Crippen molar-refractivity contribution in [2.75, 3.05) is 27.2 Å². The summed E-state index contributed by atoms with van der Waals surface area (Å²) < 4.78 is 0. The summed E-state index contributed by atoms with van der Waals surface area (Å²) in [5, 5.41) is 10.9. The number of likely N-dealkylation sites (N-methyl/N-ethyl adjacent to an activating group) is 1. The SMILES string of the molecule is CCN(Cc1ccc(C(=O)N(C)C)cc1)CC1(O)CCC(C)CC1. The van der Waals surface area contributed by atoms with Crippen molar-refractivity contribution >= 4 is 5.91 Å². The quantitative estimate of drug-likeness (QED) is 0.870. The zero-order valence-electron chi connectivity index (χ0n) is 15.6. The molecule has 1 fully saturated rings. The molecule has 4 heteroatoms. The van der Waals surface area contributed by atoms with Gasteiger partial charge in [0.1, 0.15) is 0 Å². The summed E-state index contributed by atoms with van der Waals surface area (Å²) in [7, 11) is 3.53. The summed E-state index contributed by atoms with van der Waals surface area (Å²) in [6, 6.07) is 7.82. The molecule has 0 bridgehead atoms. The van der Waals surface area contributed by atoms with Gasteiger partial charge in [0.05, 0.1) is 5.60 Å². The van der Waals surface area contributed by atoms with Gasteiger partial charge in [-0.25, -0.2) is 0 Å². The lowest BCUT2D eigenvalue weighted by Crippen LogP contribution is -2.45. The summed E-state index contributed by atoms with van der Waals surface area (Å²) >= 11 is 0. The molecular weight excluding hydrogens is 300 g/mol. The first kappa shape index (κ1) is 18.9. The van der Waals surface area contributed by atoms with E-state index in [4.69, 9.17) is 0 Å². The number of rotatable bonds is 6. The lowest BCUT2D eigenvalue weighted by Gasteiger charge is -2.38. The fourth-order valence-corrected chi connectivity index (χ4v) is 3.42. The second-order valence-corrected chi connectivity index (χ2v) is 7.61. The summed E-state index contributed by atoms with van der Waals surface area (Å²) in [5.41, 5.74) is 1.36. The lowest BCUT2D eigenvalue weighted by molar-refractivity contribution is -0.0358. The Morgan fingerprint density at radius 1 is 1.21 bits per heavy atom. The maximum atomic E-state index is 11.9. The number of amides is 1. The van der Waals surface area contributed by atoms with Crippen molar-refractivity contribution in [3.05, 3.63) is 35.4 Å². The first-order chi connectivity index (χ1) is 11.3. The van der Waals surface area contributed by atoms with Crippen LogP contribution in [0.2, 0.25) is 0 Å². The van der Waals surface area contributed by atoms with E-state index in [1.807, 2.05) is 24.3 Å². The van der Waals surface area contributed by atoms with Gasteiger partial charge in [-0.2, -0.15) is 0 Å². The highest BCUT2D eigenvalue weighted by Crippen LogP contribution is 2.32. The normalized spacial score (nSPS) is 24.2. The molecule has 0 atom stereocenters. The summed E-state index contributed by atoms with van der Waals surface area (Å²) in [4.78, 5) is 15.8. The maximum Gasteiger partial charge on any atom is 0.253 e. The molecule has 0 aromatic heterocycles. The average molecular weight is 332 g/mol. The zero-order valence-corrected chi connectivity index (χ0v) is 15.6. The molecule has 1 amide bonds. The largest absolute Gasteiger partial charge is 0.389 e. The van der Waals surface area contributed by atoms with Gasteiger partial charge in [0.2, 0.25) is 0 Å². The van der Waals surface area contributed by atoms with Crippen LogP contribution in [-0.4, -0.2) is 53.6 Å². The number of carbonyl (C=O) groups excluding carboxylic acids is 1. The van der Waals surface area contributed by atoms with E-state index in [1.165, 1.54) is 5.56 Å². The molecule has 0 heterocycles. The van der Waals surface area contributed by atoms with Crippen LogP contribution in [0.1, 0.15) is 55.5 Å². The summed E-state index contributed by atoms with van der Waals surface area (Å²) in [6.45, 7) is 6.86. The van der Waals surface area contributed by atoms with Gasteiger partial charge in [-0.15, -0.1) is 0 Å². The predicted molar refractivity (Wildman–Crippen MR) is 98.0 cm³/mol. The molecule has 0 spiro atoms. The van der Waals surface area contributed by atoms with Crippen molar-refractivity contribution in [2.24, 2.45) is 5.92 Å². The Hall–Kier alpha value is -1.39. The van der Waals surface area contributed by atoms with E-state index in [0.29, 0.717) is 5.56 Å². The molecule has 2 rings (SSSR count). The zero-order chi connectivity index (χ0) is 17.7. The Bertz CT molecular complexity index is 531. The predicted octanol–water partition coefficient (Wildman–Crippen LogP) is 3.15. The second-order valence-electron chi connectivity index (χ2n) is 7.61. The Labute approximate surface area is 146 Å². The topological polar surface area (TPSA) is 43.8 Å². The maximum absolute atomic E-state index is 11.9. The molecule has 0 saturated heterocycles. The van der Waals surface area contributed by atoms with Crippen LogP contribution in [0.5, 0.6) is 0 Å².